The summed E-state index contributed by atoms with van der Waals surface area (Å²) in [4.78, 5) is 33.2. The summed E-state index contributed by atoms with van der Waals surface area (Å²) in [5.41, 5.74) is 8.05. The normalized spacial score (nSPS) is 26.9. The first-order valence-corrected chi connectivity index (χ1v) is 12.3. The number of hydrogen-bond acceptors (Lipinski definition) is 6. The molecule has 182 valence electrons. The molecule has 9 heteroatoms. The van der Waals surface area contributed by atoms with Gasteiger partial charge in [-0.15, -0.1) is 0 Å². The number of anilines is 1. The first-order valence-electron chi connectivity index (χ1n) is 12.3. The van der Waals surface area contributed by atoms with E-state index in [0.717, 1.165) is 37.5 Å². The minimum Gasteiger partial charge on any atom is -0.325 e. The first kappa shape index (κ1) is 23.0. The topological polar surface area (TPSA) is 109 Å². The van der Waals surface area contributed by atoms with Gasteiger partial charge in [0.1, 0.15) is 5.82 Å². The van der Waals surface area contributed by atoms with Crippen molar-refractivity contribution in [2.24, 2.45) is 11.7 Å². The van der Waals surface area contributed by atoms with Crippen LogP contribution in [0.1, 0.15) is 31.7 Å². The van der Waals surface area contributed by atoms with Gasteiger partial charge in [-0.25, -0.2) is 9.59 Å². The summed E-state index contributed by atoms with van der Waals surface area (Å²) in [5.74, 6) is 1.02. The Morgan fingerprint density at radius 3 is 2.56 bits per heavy atom. The predicted octanol–water partition coefficient (Wildman–Crippen LogP) is 1.41. The van der Waals surface area contributed by atoms with Gasteiger partial charge in [-0.05, 0) is 69.3 Å². The maximum atomic E-state index is 12.6. The molecule has 0 radical (unpaired) electrons. The number of amides is 2. The number of carbonyl (C=O) groups is 1. The molecule has 1 unspecified atom stereocenters. The zero-order valence-electron chi connectivity index (χ0n) is 20.0. The Bertz CT molecular complexity index is 1090. The highest BCUT2D eigenvalue weighted by molar-refractivity contribution is 5.88. The van der Waals surface area contributed by atoms with Crippen molar-refractivity contribution < 1.29 is 4.79 Å². The van der Waals surface area contributed by atoms with Crippen molar-refractivity contribution in [1.29, 1.82) is 0 Å². The number of benzene rings is 1. The molecule has 4 aliphatic rings. The third-order valence-electron chi connectivity index (χ3n) is 7.90. The molecule has 1 aliphatic heterocycles. The van der Waals surface area contributed by atoms with Crippen LogP contribution in [0.3, 0.4) is 0 Å². The lowest BCUT2D eigenvalue weighted by Gasteiger charge is -2.37. The lowest BCUT2D eigenvalue weighted by Crippen LogP contribution is -2.48. The van der Waals surface area contributed by atoms with Gasteiger partial charge in [0.25, 0.3) is 0 Å². The van der Waals surface area contributed by atoms with E-state index in [-0.39, 0.29) is 17.4 Å². The van der Waals surface area contributed by atoms with Crippen molar-refractivity contribution in [2.45, 2.75) is 50.2 Å². The largest absolute Gasteiger partial charge is 0.354 e. The fourth-order valence-electron chi connectivity index (χ4n) is 5.81. The van der Waals surface area contributed by atoms with Gasteiger partial charge in [0.15, 0.2) is 0 Å². The molecular formula is C25H35N7O2. The summed E-state index contributed by atoms with van der Waals surface area (Å²) in [7, 11) is 2.22. The Labute approximate surface area is 200 Å². The molecule has 4 N–H and O–H groups in total. The van der Waals surface area contributed by atoms with E-state index in [2.05, 4.69) is 46.6 Å². The summed E-state index contributed by atoms with van der Waals surface area (Å²) in [6.45, 7) is 5.08. The van der Waals surface area contributed by atoms with Crippen LogP contribution in [0.2, 0.25) is 0 Å². The number of fused-ring (bicyclic) bond motifs is 1. The van der Waals surface area contributed by atoms with Gasteiger partial charge in [-0.3, -0.25) is 9.88 Å². The molecule has 3 saturated carbocycles. The number of urea groups is 1. The molecule has 6 rings (SSSR count). The Kier molecular flexibility index (Phi) is 6.18. The van der Waals surface area contributed by atoms with Crippen LogP contribution in [0.15, 0.2) is 41.3 Å². The molecule has 34 heavy (non-hydrogen) atoms. The Morgan fingerprint density at radius 2 is 1.94 bits per heavy atom. The highest BCUT2D eigenvalue weighted by Crippen LogP contribution is 2.52. The van der Waals surface area contributed by atoms with E-state index < -0.39 is 5.69 Å². The number of nitrogens with one attached hydrogen (secondary N) is 2. The van der Waals surface area contributed by atoms with Crippen LogP contribution in [0.5, 0.6) is 0 Å². The molecule has 4 fully saturated rings. The van der Waals surface area contributed by atoms with Crippen LogP contribution >= 0.6 is 0 Å². The molecule has 0 spiro atoms. The molecule has 2 aromatic rings. The van der Waals surface area contributed by atoms with E-state index in [4.69, 9.17) is 5.73 Å². The molecule has 3 aliphatic carbocycles. The number of likely N-dealkylation sites (N-methyl/N-ethyl adjacent to an activating group) is 1. The van der Waals surface area contributed by atoms with Crippen LogP contribution in [0, 0.1) is 5.92 Å². The molecule has 2 bridgehead atoms. The monoisotopic (exact) mass is 465 g/mol. The zero-order valence-corrected chi connectivity index (χ0v) is 20.0. The lowest BCUT2D eigenvalue weighted by molar-refractivity contribution is 0.143. The second-order valence-corrected chi connectivity index (χ2v) is 10.3. The van der Waals surface area contributed by atoms with Crippen molar-refractivity contribution in [3.63, 3.8) is 0 Å². The highest BCUT2D eigenvalue weighted by Gasteiger charge is 2.55. The van der Waals surface area contributed by atoms with Crippen LogP contribution in [0.4, 0.5) is 10.6 Å². The van der Waals surface area contributed by atoms with Crippen LogP contribution in [0.25, 0.3) is 5.69 Å². The number of hydrogen-bond donors (Lipinski definition) is 3. The molecule has 9 nitrogen and oxygen atoms in total. The maximum absolute atomic E-state index is 12.6. The molecule has 1 aromatic carbocycles. The molecule has 1 aromatic heterocycles. The second-order valence-electron chi connectivity index (χ2n) is 10.3. The van der Waals surface area contributed by atoms with Gasteiger partial charge < -0.3 is 20.9 Å². The van der Waals surface area contributed by atoms with E-state index in [9.17, 15) is 9.59 Å². The minimum absolute atomic E-state index is 0.0929. The Balaban J connectivity index is 1.20. The van der Waals surface area contributed by atoms with Gasteiger partial charge in [0.05, 0.1) is 5.69 Å². The summed E-state index contributed by atoms with van der Waals surface area (Å²) in [6, 6.07) is 10.5. The average Bonchev–Trinajstić information content (AvgIpc) is 3.33. The number of carbonyl (C=O) groups excluding carboxylic acids is 1. The van der Waals surface area contributed by atoms with E-state index in [0.29, 0.717) is 25.2 Å². The van der Waals surface area contributed by atoms with Crippen LogP contribution in [-0.4, -0.2) is 76.2 Å². The van der Waals surface area contributed by atoms with Crippen molar-refractivity contribution in [3.8, 4) is 5.69 Å². The predicted molar refractivity (Wildman–Crippen MR) is 132 cm³/mol. The number of nitrogens with zero attached hydrogens (tertiary/aromatic N) is 4. The van der Waals surface area contributed by atoms with E-state index in [1.165, 1.54) is 23.0 Å². The molecule has 2 heterocycles. The van der Waals surface area contributed by atoms with E-state index in [1.54, 1.807) is 17.2 Å². The minimum atomic E-state index is -0.421. The van der Waals surface area contributed by atoms with Crippen LogP contribution in [-0.2, 0) is 6.42 Å². The smallest absolute Gasteiger partial charge is 0.325 e. The van der Waals surface area contributed by atoms with E-state index >= 15 is 0 Å². The van der Waals surface area contributed by atoms with Crippen LogP contribution < -0.4 is 22.1 Å². The van der Waals surface area contributed by atoms with Crippen molar-refractivity contribution >= 4 is 11.8 Å². The molecule has 2 atom stereocenters. The highest BCUT2D eigenvalue weighted by atomic mass is 16.2. The molecular weight excluding hydrogens is 430 g/mol. The van der Waals surface area contributed by atoms with Gasteiger partial charge >= 0.3 is 11.7 Å². The summed E-state index contributed by atoms with van der Waals surface area (Å²) < 4.78 is 1.49. The van der Waals surface area contributed by atoms with Gasteiger partial charge in [-0.1, -0.05) is 12.1 Å². The fraction of sp³-hybridized carbons (Fsp3) is 0.560. The quantitative estimate of drug-likeness (QED) is 0.595. The lowest BCUT2D eigenvalue weighted by atomic mass is 9.77. The van der Waals surface area contributed by atoms with Gasteiger partial charge in [0, 0.05) is 50.0 Å². The average molecular weight is 466 g/mol. The Hall–Kier alpha value is -2.75. The van der Waals surface area contributed by atoms with Crippen molar-refractivity contribution in [2.75, 3.05) is 38.5 Å². The number of aromatic nitrogens is 2. The van der Waals surface area contributed by atoms with E-state index in [1.807, 2.05) is 12.1 Å². The van der Waals surface area contributed by atoms with Crippen molar-refractivity contribution in [3.05, 3.63) is 52.6 Å². The maximum Gasteiger partial charge on any atom is 0.354 e. The Morgan fingerprint density at radius 1 is 1.24 bits per heavy atom. The molecule has 1 saturated heterocycles. The summed E-state index contributed by atoms with van der Waals surface area (Å²) in [5, 5.41) is 5.93. The third kappa shape index (κ3) is 4.60. The zero-order chi connectivity index (χ0) is 23.9. The summed E-state index contributed by atoms with van der Waals surface area (Å²) >= 11 is 0. The number of nitrogens with two attached hydrogens (primary N) is 1. The number of piperazine rings is 1. The van der Waals surface area contributed by atoms with Crippen molar-refractivity contribution in [1.82, 2.24) is 24.7 Å². The van der Waals surface area contributed by atoms with Gasteiger partial charge in [-0.2, -0.15) is 4.98 Å². The van der Waals surface area contributed by atoms with Gasteiger partial charge in [0.2, 0.25) is 0 Å². The number of rotatable bonds is 6. The fourth-order valence-corrected chi connectivity index (χ4v) is 5.81. The standard InChI is InChI=1S/C25H35N7O2/c1-17(30(2)21-16-25(26)14-19(21)15-25)13-18-3-5-20(6-4-18)32-10-7-22(29-24(32)34)28-23(33)31-11-8-27-9-12-31/h3-7,10,17,19,21,27H,8-9,11-16,26H2,1-2H3,(H,28,29,33,34)/t17?,19?,21-,25?/m1/s1. The SMILES string of the molecule is CC(Cc1ccc(-n2ccc(NC(=O)N3CCNCC3)nc2=O)cc1)N(C)[C@@H]1CC2(N)CC1C2. The second kappa shape index (κ2) is 9.13. The summed E-state index contributed by atoms with van der Waals surface area (Å²) in [6.07, 6.45) is 6.05. The first-order chi connectivity index (χ1) is 16.3. The third-order valence-corrected chi connectivity index (χ3v) is 7.90. The molecule has 2 amide bonds.